The van der Waals surface area contributed by atoms with Gasteiger partial charge in [-0.3, -0.25) is 9.59 Å². The maximum atomic E-state index is 11.1. The van der Waals surface area contributed by atoms with Crippen molar-refractivity contribution in [2.75, 3.05) is 13.2 Å². The van der Waals surface area contributed by atoms with Gasteiger partial charge in [0.15, 0.2) is 5.78 Å². The highest BCUT2D eigenvalue weighted by Crippen LogP contribution is 2.05. The summed E-state index contributed by atoms with van der Waals surface area (Å²) in [5.41, 5.74) is 0.338. The van der Waals surface area contributed by atoms with E-state index in [-0.39, 0.29) is 12.2 Å². The van der Waals surface area contributed by atoms with Gasteiger partial charge in [-0.2, -0.15) is 0 Å². The first-order chi connectivity index (χ1) is 6.61. The molecule has 0 aromatic carbocycles. The standard InChI is InChI=1S/C10H16O4/c1-4-13-7-9(8(3)11)6-10(12)14-5-2/h7H,4-6H2,1-3H3. The van der Waals surface area contributed by atoms with Crippen LogP contribution >= 0.6 is 0 Å². The quantitative estimate of drug-likeness (QED) is 0.370. The summed E-state index contributed by atoms with van der Waals surface area (Å²) in [6.45, 7) is 5.71. The number of ether oxygens (including phenoxy) is 2. The summed E-state index contributed by atoms with van der Waals surface area (Å²) < 4.78 is 9.66. The largest absolute Gasteiger partial charge is 0.501 e. The molecule has 0 unspecified atom stereocenters. The van der Waals surface area contributed by atoms with Crippen LogP contribution in [0.25, 0.3) is 0 Å². The van der Waals surface area contributed by atoms with E-state index in [1.807, 2.05) is 0 Å². The van der Waals surface area contributed by atoms with Gasteiger partial charge in [0.05, 0.1) is 25.9 Å². The second kappa shape index (κ2) is 7.12. The highest BCUT2D eigenvalue weighted by atomic mass is 16.5. The molecule has 0 N–H and O–H groups in total. The molecule has 4 heteroatoms. The minimum Gasteiger partial charge on any atom is -0.501 e. The van der Waals surface area contributed by atoms with Crippen molar-refractivity contribution in [2.45, 2.75) is 27.2 Å². The van der Waals surface area contributed by atoms with Crippen molar-refractivity contribution in [3.63, 3.8) is 0 Å². The van der Waals surface area contributed by atoms with Gasteiger partial charge in [-0.1, -0.05) is 0 Å². The van der Waals surface area contributed by atoms with Gasteiger partial charge in [-0.15, -0.1) is 0 Å². The van der Waals surface area contributed by atoms with Crippen LogP contribution < -0.4 is 0 Å². The number of hydrogen-bond donors (Lipinski definition) is 0. The zero-order valence-electron chi connectivity index (χ0n) is 8.83. The molecule has 80 valence electrons. The van der Waals surface area contributed by atoms with Crippen LogP contribution in [0.1, 0.15) is 27.2 Å². The van der Waals surface area contributed by atoms with E-state index in [1.54, 1.807) is 13.8 Å². The second-order valence-corrected chi connectivity index (χ2v) is 2.64. The Labute approximate surface area is 83.9 Å². The lowest BCUT2D eigenvalue weighted by Gasteiger charge is -2.03. The summed E-state index contributed by atoms with van der Waals surface area (Å²) in [6.07, 6.45) is 1.29. The first-order valence-corrected chi connectivity index (χ1v) is 4.59. The lowest BCUT2D eigenvalue weighted by molar-refractivity contribution is -0.142. The van der Waals surface area contributed by atoms with Crippen molar-refractivity contribution in [3.8, 4) is 0 Å². The van der Waals surface area contributed by atoms with Gasteiger partial charge >= 0.3 is 5.97 Å². The number of ketones is 1. The Morgan fingerprint density at radius 2 is 1.86 bits per heavy atom. The van der Waals surface area contributed by atoms with Gasteiger partial charge in [0, 0.05) is 5.57 Å². The molecule has 0 aliphatic rings. The summed E-state index contributed by atoms with van der Waals surface area (Å²) in [5, 5.41) is 0. The fourth-order valence-electron chi connectivity index (χ4n) is 0.801. The van der Waals surface area contributed by atoms with E-state index in [0.29, 0.717) is 18.8 Å². The Morgan fingerprint density at radius 1 is 1.21 bits per heavy atom. The van der Waals surface area contributed by atoms with Crippen molar-refractivity contribution in [1.29, 1.82) is 0 Å². The molecule has 0 saturated carbocycles. The molecule has 0 heterocycles. The molecule has 0 bridgehead atoms. The van der Waals surface area contributed by atoms with Gasteiger partial charge in [0.2, 0.25) is 0 Å². The molecule has 0 atom stereocenters. The zero-order valence-corrected chi connectivity index (χ0v) is 8.83. The van der Waals surface area contributed by atoms with Crippen molar-refractivity contribution in [1.82, 2.24) is 0 Å². The SMILES string of the molecule is CCOC=C(CC(=O)OCC)C(C)=O. The van der Waals surface area contributed by atoms with E-state index < -0.39 is 5.97 Å². The van der Waals surface area contributed by atoms with Gasteiger partial charge in [-0.25, -0.2) is 0 Å². The molecule has 0 spiro atoms. The van der Waals surface area contributed by atoms with E-state index in [4.69, 9.17) is 9.47 Å². The summed E-state index contributed by atoms with van der Waals surface area (Å²) in [5.74, 6) is -0.583. The molecule has 0 aliphatic heterocycles. The summed E-state index contributed by atoms with van der Waals surface area (Å²) in [7, 11) is 0. The van der Waals surface area contributed by atoms with Crippen LogP contribution in [0.3, 0.4) is 0 Å². The van der Waals surface area contributed by atoms with Crippen LogP contribution in [0.15, 0.2) is 11.8 Å². The smallest absolute Gasteiger partial charge is 0.310 e. The van der Waals surface area contributed by atoms with Gasteiger partial charge in [0.25, 0.3) is 0 Å². The van der Waals surface area contributed by atoms with Gasteiger partial charge in [0.1, 0.15) is 0 Å². The van der Waals surface area contributed by atoms with Crippen LogP contribution in [0.4, 0.5) is 0 Å². The Bertz CT molecular complexity index is 230. The minimum atomic E-state index is -0.409. The molecule has 0 radical (unpaired) electrons. The molecule has 14 heavy (non-hydrogen) atoms. The average Bonchev–Trinajstić information content (AvgIpc) is 2.12. The van der Waals surface area contributed by atoms with E-state index in [9.17, 15) is 9.59 Å². The molecule has 0 saturated heterocycles. The van der Waals surface area contributed by atoms with Crippen LogP contribution in [-0.4, -0.2) is 25.0 Å². The third-order valence-electron chi connectivity index (χ3n) is 1.48. The molecular formula is C10H16O4. The number of Topliss-reactive ketones (excluding diaryl/α,β-unsaturated/α-hetero) is 1. The zero-order chi connectivity index (χ0) is 11.0. The molecule has 0 aromatic rings. The summed E-state index contributed by atoms with van der Waals surface area (Å²) in [4.78, 5) is 22.1. The third kappa shape index (κ3) is 5.35. The molecule has 0 rings (SSSR count). The minimum absolute atomic E-state index is 0.0246. The maximum absolute atomic E-state index is 11.1. The van der Waals surface area contributed by atoms with E-state index in [1.165, 1.54) is 13.2 Å². The monoisotopic (exact) mass is 200 g/mol. The fraction of sp³-hybridized carbons (Fsp3) is 0.600. The second-order valence-electron chi connectivity index (χ2n) is 2.64. The summed E-state index contributed by atoms with van der Waals surface area (Å²) in [6, 6.07) is 0. The Morgan fingerprint density at radius 3 is 2.29 bits per heavy atom. The molecule has 0 aromatic heterocycles. The number of carbonyl (C=O) groups excluding carboxylic acids is 2. The van der Waals surface area contributed by atoms with Crippen LogP contribution in [-0.2, 0) is 19.1 Å². The van der Waals surface area contributed by atoms with E-state index in [0.717, 1.165) is 0 Å². The van der Waals surface area contributed by atoms with E-state index in [2.05, 4.69) is 0 Å². The van der Waals surface area contributed by atoms with Crippen molar-refractivity contribution >= 4 is 11.8 Å². The number of esters is 1. The fourth-order valence-corrected chi connectivity index (χ4v) is 0.801. The van der Waals surface area contributed by atoms with Crippen molar-refractivity contribution in [3.05, 3.63) is 11.8 Å². The lowest BCUT2D eigenvalue weighted by Crippen LogP contribution is -2.09. The Kier molecular flexibility index (Phi) is 6.45. The van der Waals surface area contributed by atoms with E-state index >= 15 is 0 Å². The van der Waals surface area contributed by atoms with Crippen molar-refractivity contribution in [2.24, 2.45) is 0 Å². The first-order valence-electron chi connectivity index (χ1n) is 4.59. The Balaban J connectivity index is 4.23. The lowest BCUT2D eigenvalue weighted by atomic mass is 10.1. The first kappa shape index (κ1) is 12.7. The van der Waals surface area contributed by atoms with Crippen LogP contribution in [0.5, 0.6) is 0 Å². The predicted octanol–water partition coefficient (Wildman–Crippen LogP) is 1.45. The van der Waals surface area contributed by atoms with Gasteiger partial charge in [-0.05, 0) is 20.8 Å². The normalized spacial score (nSPS) is 10.9. The van der Waals surface area contributed by atoms with Crippen LogP contribution in [0, 0.1) is 0 Å². The third-order valence-corrected chi connectivity index (χ3v) is 1.48. The highest BCUT2D eigenvalue weighted by Gasteiger charge is 2.11. The highest BCUT2D eigenvalue weighted by molar-refractivity contribution is 5.97. The summed E-state index contributed by atoms with van der Waals surface area (Å²) >= 11 is 0. The van der Waals surface area contributed by atoms with Gasteiger partial charge < -0.3 is 9.47 Å². The molecule has 0 aliphatic carbocycles. The number of hydrogen-bond acceptors (Lipinski definition) is 4. The molecular weight excluding hydrogens is 184 g/mol. The van der Waals surface area contributed by atoms with Crippen molar-refractivity contribution < 1.29 is 19.1 Å². The number of carbonyl (C=O) groups is 2. The average molecular weight is 200 g/mol. The number of rotatable bonds is 6. The predicted molar refractivity (Wildman–Crippen MR) is 51.6 cm³/mol. The molecule has 0 amide bonds. The maximum Gasteiger partial charge on any atom is 0.310 e. The topological polar surface area (TPSA) is 52.6 Å². The molecule has 4 nitrogen and oxygen atoms in total. The van der Waals surface area contributed by atoms with Crippen LogP contribution in [0.2, 0.25) is 0 Å². The Hall–Kier alpha value is -1.32. The molecule has 0 fully saturated rings.